The maximum absolute atomic E-state index is 12.8. The summed E-state index contributed by atoms with van der Waals surface area (Å²) in [5.74, 6) is 0.157. The Morgan fingerprint density at radius 3 is 2.61 bits per heavy atom. The number of pyridine rings is 1. The number of aryl methyl sites for hydroxylation is 2. The van der Waals surface area contributed by atoms with Gasteiger partial charge in [0.15, 0.2) is 11.4 Å². The van der Waals surface area contributed by atoms with Gasteiger partial charge in [0, 0.05) is 41.5 Å². The fourth-order valence-electron chi connectivity index (χ4n) is 4.65. The van der Waals surface area contributed by atoms with Crippen LogP contribution in [0.25, 0.3) is 5.57 Å². The van der Waals surface area contributed by atoms with Gasteiger partial charge in [-0.25, -0.2) is 4.79 Å². The van der Waals surface area contributed by atoms with Crippen molar-refractivity contribution < 1.29 is 14.6 Å². The molecule has 10 heteroatoms. The summed E-state index contributed by atoms with van der Waals surface area (Å²) in [5.41, 5.74) is 3.18. The minimum atomic E-state index is -1.28. The van der Waals surface area contributed by atoms with E-state index in [4.69, 9.17) is 16.3 Å². The van der Waals surface area contributed by atoms with Crippen LogP contribution in [0, 0.1) is 5.92 Å². The molecule has 200 valence electrons. The molecule has 1 saturated heterocycles. The third-order valence-electron chi connectivity index (χ3n) is 7.38. The van der Waals surface area contributed by atoms with E-state index in [1.54, 1.807) is 0 Å². The molecule has 0 unspecified atom stereocenters. The van der Waals surface area contributed by atoms with Crippen molar-refractivity contribution >= 4 is 23.1 Å². The van der Waals surface area contributed by atoms with E-state index in [2.05, 4.69) is 26.5 Å². The van der Waals surface area contributed by atoms with Gasteiger partial charge in [-0.15, -0.1) is 15.0 Å². The van der Waals surface area contributed by atoms with Crippen LogP contribution in [0.15, 0.2) is 41.2 Å². The van der Waals surface area contributed by atoms with E-state index >= 15 is 0 Å². The third-order valence-corrected chi connectivity index (χ3v) is 7.73. The van der Waals surface area contributed by atoms with E-state index in [0.717, 1.165) is 71.7 Å². The number of aliphatic carboxylic acids is 1. The predicted octanol–water partition coefficient (Wildman–Crippen LogP) is 4.36. The lowest BCUT2D eigenvalue weighted by Crippen LogP contribution is -2.37. The third kappa shape index (κ3) is 5.73. The first-order valence-corrected chi connectivity index (χ1v) is 13.4. The highest BCUT2D eigenvalue weighted by atomic mass is 35.5. The van der Waals surface area contributed by atoms with Gasteiger partial charge < -0.3 is 14.8 Å². The molecular weight excluding hydrogens is 506 g/mol. The zero-order chi connectivity index (χ0) is 26.9. The van der Waals surface area contributed by atoms with Crippen molar-refractivity contribution in [2.45, 2.75) is 63.8 Å². The monoisotopic (exact) mass is 537 g/mol. The quantitative estimate of drug-likeness (QED) is 0.416. The topological polar surface area (TPSA) is 123 Å². The first-order valence-electron chi connectivity index (χ1n) is 13.1. The van der Waals surface area contributed by atoms with Gasteiger partial charge in [-0.05, 0) is 86.3 Å². The highest BCUT2D eigenvalue weighted by molar-refractivity contribution is 6.31. The lowest BCUT2D eigenvalue weighted by Gasteiger charge is -2.21. The Kier molecular flexibility index (Phi) is 7.49. The van der Waals surface area contributed by atoms with Crippen molar-refractivity contribution in [3.05, 3.63) is 80.0 Å². The first-order chi connectivity index (χ1) is 18.2. The van der Waals surface area contributed by atoms with E-state index in [9.17, 15) is 14.7 Å². The average Bonchev–Trinajstić information content (AvgIpc) is 3.62. The maximum atomic E-state index is 12.8. The van der Waals surface area contributed by atoms with Crippen LogP contribution in [0.4, 0.5) is 0 Å². The van der Waals surface area contributed by atoms with Crippen molar-refractivity contribution in [3.8, 4) is 0 Å². The van der Waals surface area contributed by atoms with Crippen LogP contribution < -0.4 is 5.56 Å². The number of carbonyl (C=O) groups is 1. The van der Waals surface area contributed by atoms with Crippen LogP contribution in [0.2, 0.25) is 5.02 Å². The number of hydrogen-bond acceptors (Lipinski definition) is 6. The molecule has 2 aliphatic rings. The molecule has 0 amide bonds. The summed E-state index contributed by atoms with van der Waals surface area (Å²) in [6.45, 7) is 4.50. The van der Waals surface area contributed by atoms with Gasteiger partial charge >= 0.3 is 5.97 Å². The summed E-state index contributed by atoms with van der Waals surface area (Å²) in [4.78, 5) is 28.5. The van der Waals surface area contributed by atoms with Crippen LogP contribution in [0.1, 0.15) is 73.7 Å². The molecule has 1 saturated carbocycles. The Labute approximate surface area is 225 Å². The van der Waals surface area contributed by atoms with Crippen molar-refractivity contribution in [3.63, 3.8) is 0 Å². The van der Waals surface area contributed by atoms with E-state index in [0.29, 0.717) is 35.5 Å². The normalized spacial score (nSPS) is 17.1. The number of nitrogens with zero attached hydrogens (tertiary/aromatic N) is 4. The van der Waals surface area contributed by atoms with Crippen LogP contribution in [0.5, 0.6) is 0 Å². The molecule has 2 fully saturated rings. The number of ether oxygens (including phenoxy) is 1. The summed E-state index contributed by atoms with van der Waals surface area (Å²) in [7, 11) is 0. The number of rotatable bonds is 9. The number of nitrogens with one attached hydrogen (secondary N) is 1. The van der Waals surface area contributed by atoms with Gasteiger partial charge in [0.25, 0.3) is 5.56 Å². The molecule has 2 N–H and O–H groups in total. The molecule has 1 aromatic carbocycles. The highest BCUT2D eigenvalue weighted by Gasteiger charge is 2.32. The number of allylic oxidation sites excluding steroid dienone is 1. The first kappa shape index (κ1) is 26.3. The number of carboxylic acids is 1. The number of benzene rings is 1. The molecule has 38 heavy (non-hydrogen) atoms. The Morgan fingerprint density at radius 2 is 1.95 bits per heavy atom. The molecular formula is C28H32ClN5O4. The van der Waals surface area contributed by atoms with Gasteiger partial charge in [-0.1, -0.05) is 35.9 Å². The van der Waals surface area contributed by atoms with Crippen molar-refractivity contribution in [2.75, 3.05) is 13.2 Å². The molecule has 0 radical (unpaired) electrons. The Balaban J connectivity index is 1.38. The second kappa shape index (κ2) is 10.8. The van der Waals surface area contributed by atoms with Crippen LogP contribution in [0.3, 0.4) is 0 Å². The zero-order valence-electron chi connectivity index (χ0n) is 21.6. The van der Waals surface area contributed by atoms with Crippen LogP contribution >= 0.6 is 11.6 Å². The summed E-state index contributed by atoms with van der Waals surface area (Å²) >= 11 is 6.74. The number of hydrogen-bond donors (Lipinski definition) is 2. The smallest absolute Gasteiger partial charge is 0.333 e. The molecule has 5 rings (SSSR count). The minimum Gasteiger partial charge on any atom is -0.479 e. The fraction of sp³-hybridized carbons (Fsp3) is 0.464. The summed E-state index contributed by atoms with van der Waals surface area (Å²) in [6.07, 6.45) is 7.31. The van der Waals surface area contributed by atoms with Gasteiger partial charge in [0.2, 0.25) is 0 Å². The predicted molar refractivity (Wildman–Crippen MR) is 143 cm³/mol. The van der Waals surface area contributed by atoms with E-state index in [1.807, 2.05) is 30.3 Å². The molecule has 0 atom stereocenters. The Bertz CT molecular complexity index is 1420. The standard InChI is InChI=1S/C28H32ClN5O4/c1-28(2,27(36)37)34-32-25(31-33-34)10-7-19-5-6-20(16-23(19)29)22(15-17-11-13-38-14-12-17)24-9-8-21(18-3-4-18)26(35)30-24/h5-6,8-9,15-18H,3-4,7,10-14H2,1-2H3,(H,30,35)(H,36,37)/b22-15+. The fourth-order valence-corrected chi connectivity index (χ4v) is 4.92. The van der Waals surface area contributed by atoms with Gasteiger partial charge in [0.05, 0.1) is 0 Å². The van der Waals surface area contributed by atoms with Crippen LogP contribution in [-0.4, -0.2) is 49.5 Å². The maximum Gasteiger partial charge on any atom is 0.333 e. The number of aromatic nitrogens is 5. The molecule has 2 aromatic heterocycles. The second-order valence-corrected chi connectivity index (χ2v) is 11.0. The molecule has 0 bridgehead atoms. The van der Waals surface area contributed by atoms with Crippen molar-refractivity contribution in [2.24, 2.45) is 5.92 Å². The summed E-state index contributed by atoms with van der Waals surface area (Å²) in [5, 5.41) is 22.2. The van der Waals surface area contributed by atoms with Crippen molar-refractivity contribution in [1.29, 1.82) is 0 Å². The Morgan fingerprint density at radius 1 is 1.18 bits per heavy atom. The number of halogens is 1. The summed E-state index contributed by atoms with van der Waals surface area (Å²) < 4.78 is 5.54. The van der Waals surface area contributed by atoms with Crippen molar-refractivity contribution in [1.82, 2.24) is 25.2 Å². The second-order valence-electron chi connectivity index (χ2n) is 10.6. The van der Waals surface area contributed by atoms with E-state index in [-0.39, 0.29) is 5.56 Å². The zero-order valence-corrected chi connectivity index (χ0v) is 22.4. The SMILES string of the molecule is CC(C)(C(=O)O)n1nnc(CCc2ccc(/C(=C\C3CCOCC3)c3ccc(C4CC4)c(=O)[nH]3)cc2Cl)n1. The Hall–Kier alpha value is -3.30. The minimum absolute atomic E-state index is 0.0165. The number of tetrazole rings is 1. The molecule has 9 nitrogen and oxygen atoms in total. The van der Waals surface area contributed by atoms with Crippen LogP contribution in [-0.2, 0) is 27.9 Å². The largest absolute Gasteiger partial charge is 0.479 e. The molecule has 3 aromatic rings. The number of H-pyrrole nitrogens is 1. The number of aromatic amines is 1. The molecule has 3 heterocycles. The molecule has 1 aliphatic carbocycles. The lowest BCUT2D eigenvalue weighted by molar-refractivity contribution is -0.146. The van der Waals surface area contributed by atoms with Gasteiger partial charge in [-0.3, -0.25) is 4.79 Å². The molecule has 0 spiro atoms. The summed E-state index contributed by atoms with van der Waals surface area (Å²) in [6, 6.07) is 9.92. The lowest BCUT2D eigenvalue weighted by atomic mass is 9.91. The van der Waals surface area contributed by atoms with E-state index < -0.39 is 11.5 Å². The molecule has 1 aliphatic heterocycles. The van der Waals surface area contributed by atoms with Gasteiger partial charge in [-0.2, -0.15) is 0 Å². The van der Waals surface area contributed by atoms with Gasteiger partial charge in [0.1, 0.15) is 0 Å². The highest BCUT2D eigenvalue weighted by Crippen LogP contribution is 2.38. The number of carboxylic acid groups (broad SMARTS) is 1. The van der Waals surface area contributed by atoms with E-state index in [1.165, 1.54) is 13.8 Å². The average molecular weight is 538 g/mol.